The number of hydrogen-bond donors (Lipinski definition) is 2. The van der Waals surface area contributed by atoms with Crippen LogP contribution in [0, 0.1) is 12.7 Å². The summed E-state index contributed by atoms with van der Waals surface area (Å²) in [5.41, 5.74) is 7.62. The normalized spacial score (nSPS) is 10.3. The van der Waals surface area contributed by atoms with Gasteiger partial charge in [-0.15, -0.1) is 0 Å². The van der Waals surface area contributed by atoms with Gasteiger partial charge >= 0.3 is 0 Å². The molecule has 0 saturated carbocycles. The zero-order chi connectivity index (χ0) is 14.7. The second kappa shape index (κ2) is 5.92. The Balaban J connectivity index is 2.09. The van der Waals surface area contributed by atoms with Crippen LogP contribution < -0.4 is 11.1 Å². The molecule has 0 radical (unpaired) electrons. The highest BCUT2D eigenvalue weighted by Crippen LogP contribution is 2.21. The lowest BCUT2D eigenvalue weighted by molar-refractivity contribution is 0.100. The molecule has 20 heavy (non-hydrogen) atoms. The van der Waals surface area contributed by atoms with Crippen LogP contribution in [0.3, 0.4) is 0 Å². The van der Waals surface area contributed by atoms with Crippen LogP contribution in [0.1, 0.15) is 21.5 Å². The Morgan fingerprint density at radius 2 is 2.05 bits per heavy atom. The summed E-state index contributed by atoms with van der Waals surface area (Å²) in [7, 11) is 0. The molecule has 2 aromatic rings. The maximum absolute atomic E-state index is 13.4. The Labute approximate surface area is 121 Å². The average molecular weight is 293 g/mol. The van der Waals surface area contributed by atoms with Gasteiger partial charge in [0.2, 0.25) is 5.91 Å². The molecule has 1 amide bonds. The number of aryl methyl sites for hydroxylation is 1. The molecule has 0 unspecified atom stereocenters. The van der Waals surface area contributed by atoms with E-state index in [2.05, 4.69) is 5.32 Å². The monoisotopic (exact) mass is 292 g/mol. The van der Waals surface area contributed by atoms with Crippen molar-refractivity contribution >= 4 is 23.2 Å². The van der Waals surface area contributed by atoms with Crippen molar-refractivity contribution in [1.82, 2.24) is 0 Å². The third-order valence-corrected chi connectivity index (χ3v) is 3.28. The number of hydrogen-bond acceptors (Lipinski definition) is 2. The van der Waals surface area contributed by atoms with Crippen molar-refractivity contribution in [3.8, 4) is 0 Å². The van der Waals surface area contributed by atoms with Gasteiger partial charge in [0.25, 0.3) is 0 Å². The van der Waals surface area contributed by atoms with Crippen LogP contribution in [-0.4, -0.2) is 5.91 Å². The van der Waals surface area contributed by atoms with E-state index in [-0.39, 0.29) is 16.4 Å². The number of nitrogens with one attached hydrogen (secondary N) is 1. The number of halogens is 2. The summed E-state index contributed by atoms with van der Waals surface area (Å²) in [4.78, 5) is 11.1. The van der Waals surface area contributed by atoms with E-state index < -0.39 is 5.91 Å². The van der Waals surface area contributed by atoms with Crippen LogP contribution in [0.2, 0.25) is 5.02 Å². The predicted octanol–water partition coefficient (Wildman–Crippen LogP) is 3.50. The second-order valence-electron chi connectivity index (χ2n) is 4.50. The van der Waals surface area contributed by atoms with Crippen molar-refractivity contribution in [2.45, 2.75) is 13.5 Å². The lowest BCUT2D eigenvalue weighted by Gasteiger charge is -2.09. The summed E-state index contributed by atoms with van der Waals surface area (Å²) < 4.78 is 13.4. The summed E-state index contributed by atoms with van der Waals surface area (Å²) in [5, 5.41) is 3.40. The van der Waals surface area contributed by atoms with E-state index in [4.69, 9.17) is 17.3 Å². The first kappa shape index (κ1) is 14.3. The molecule has 3 nitrogen and oxygen atoms in total. The topological polar surface area (TPSA) is 55.1 Å². The molecule has 0 fully saturated rings. The molecule has 104 valence electrons. The highest BCUT2D eigenvalue weighted by Gasteiger charge is 2.07. The molecule has 2 aromatic carbocycles. The molecule has 0 atom stereocenters. The number of benzene rings is 2. The summed E-state index contributed by atoms with van der Waals surface area (Å²) >= 11 is 5.95. The molecule has 0 aromatic heterocycles. The van der Waals surface area contributed by atoms with Gasteiger partial charge in [-0.25, -0.2) is 4.39 Å². The highest BCUT2D eigenvalue weighted by molar-refractivity contribution is 6.34. The first-order valence-corrected chi connectivity index (χ1v) is 6.43. The number of rotatable bonds is 4. The van der Waals surface area contributed by atoms with Crippen LogP contribution >= 0.6 is 11.6 Å². The van der Waals surface area contributed by atoms with E-state index in [1.54, 1.807) is 31.2 Å². The molecule has 0 spiro atoms. The van der Waals surface area contributed by atoms with Gasteiger partial charge in [0.15, 0.2) is 0 Å². The van der Waals surface area contributed by atoms with Crippen molar-refractivity contribution in [2.75, 3.05) is 5.32 Å². The molecule has 0 aliphatic rings. The first-order valence-electron chi connectivity index (χ1n) is 6.05. The molecule has 0 aliphatic carbocycles. The lowest BCUT2D eigenvalue weighted by atomic mass is 10.1. The highest BCUT2D eigenvalue weighted by atomic mass is 35.5. The smallest absolute Gasteiger partial charge is 0.250 e. The van der Waals surface area contributed by atoms with E-state index in [0.717, 1.165) is 11.3 Å². The Hall–Kier alpha value is -2.07. The number of carbonyl (C=O) groups is 1. The van der Waals surface area contributed by atoms with E-state index in [0.29, 0.717) is 12.1 Å². The molecule has 0 bridgehead atoms. The van der Waals surface area contributed by atoms with Crippen molar-refractivity contribution in [3.63, 3.8) is 0 Å². The minimum atomic E-state index is -0.567. The largest absolute Gasteiger partial charge is 0.381 e. The Morgan fingerprint density at radius 3 is 2.65 bits per heavy atom. The van der Waals surface area contributed by atoms with Crippen LogP contribution in [0.25, 0.3) is 0 Å². The minimum absolute atomic E-state index is 0.230. The zero-order valence-corrected chi connectivity index (χ0v) is 11.7. The predicted molar refractivity (Wildman–Crippen MR) is 78.4 cm³/mol. The Morgan fingerprint density at radius 1 is 1.30 bits per heavy atom. The van der Waals surface area contributed by atoms with Gasteiger partial charge in [-0.1, -0.05) is 23.7 Å². The van der Waals surface area contributed by atoms with Crippen LogP contribution in [-0.2, 0) is 6.54 Å². The van der Waals surface area contributed by atoms with Gasteiger partial charge in [-0.05, 0) is 42.3 Å². The fourth-order valence-corrected chi connectivity index (χ4v) is 2.05. The molecular formula is C15H14ClFN2O. The number of carbonyl (C=O) groups excluding carboxylic acids is 1. The van der Waals surface area contributed by atoms with E-state index in [9.17, 15) is 9.18 Å². The first-order chi connectivity index (χ1) is 9.47. The second-order valence-corrected chi connectivity index (χ2v) is 4.90. The number of anilines is 1. The molecular weight excluding hydrogens is 279 g/mol. The Kier molecular flexibility index (Phi) is 4.25. The van der Waals surface area contributed by atoms with Crippen molar-refractivity contribution in [1.29, 1.82) is 0 Å². The summed E-state index contributed by atoms with van der Waals surface area (Å²) in [6.07, 6.45) is 0. The molecule has 0 heterocycles. The Bertz CT molecular complexity index is 658. The number of primary amides is 1. The quantitative estimate of drug-likeness (QED) is 0.906. The average Bonchev–Trinajstić information content (AvgIpc) is 2.40. The third kappa shape index (κ3) is 3.27. The summed E-state index contributed by atoms with van der Waals surface area (Å²) in [5.74, 6) is -0.798. The molecule has 0 saturated heterocycles. The van der Waals surface area contributed by atoms with E-state index in [1.807, 2.05) is 6.07 Å². The van der Waals surface area contributed by atoms with Gasteiger partial charge in [0.1, 0.15) is 5.82 Å². The third-order valence-electron chi connectivity index (χ3n) is 2.97. The van der Waals surface area contributed by atoms with Gasteiger partial charge in [0.05, 0.1) is 10.6 Å². The maximum Gasteiger partial charge on any atom is 0.250 e. The minimum Gasteiger partial charge on any atom is -0.381 e. The van der Waals surface area contributed by atoms with Crippen LogP contribution in [0.15, 0.2) is 36.4 Å². The van der Waals surface area contributed by atoms with Crippen LogP contribution in [0.4, 0.5) is 10.1 Å². The summed E-state index contributed by atoms with van der Waals surface area (Å²) in [6, 6.07) is 9.95. The zero-order valence-electron chi connectivity index (χ0n) is 10.9. The SMILES string of the molecule is Cc1ccc(CNc2ccc(C(N)=O)c(Cl)c2)cc1F. The van der Waals surface area contributed by atoms with Gasteiger partial charge < -0.3 is 11.1 Å². The molecule has 5 heteroatoms. The van der Waals surface area contributed by atoms with Crippen molar-refractivity contribution in [2.24, 2.45) is 5.73 Å². The summed E-state index contributed by atoms with van der Waals surface area (Å²) in [6.45, 7) is 2.18. The van der Waals surface area contributed by atoms with Gasteiger partial charge in [-0.2, -0.15) is 0 Å². The lowest BCUT2D eigenvalue weighted by Crippen LogP contribution is -2.11. The van der Waals surface area contributed by atoms with E-state index in [1.165, 1.54) is 6.07 Å². The molecule has 2 rings (SSSR count). The van der Waals surface area contributed by atoms with Gasteiger partial charge in [-0.3, -0.25) is 4.79 Å². The van der Waals surface area contributed by atoms with Crippen LogP contribution in [0.5, 0.6) is 0 Å². The van der Waals surface area contributed by atoms with Gasteiger partial charge in [0, 0.05) is 12.2 Å². The molecule has 0 aliphatic heterocycles. The molecule has 3 N–H and O–H groups in total. The van der Waals surface area contributed by atoms with E-state index >= 15 is 0 Å². The fraction of sp³-hybridized carbons (Fsp3) is 0.133. The number of amides is 1. The van der Waals surface area contributed by atoms with Crippen molar-refractivity contribution in [3.05, 3.63) is 63.9 Å². The van der Waals surface area contributed by atoms with Crippen molar-refractivity contribution < 1.29 is 9.18 Å². The maximum atomic E-state index is 13.4. The number of nitrogens with two attached hydrogens (primary N) is 1. The standard InChI is InChI=1S/C15H14ClFN2O/c1-9-2-3-10(6-14(9)17)8-19-11-4-5-12(15(18)20)13(16)7-11/h2-7,19H,8H2,1H3,(H2,18,20). The fourth-order valence-electron chi connectivity index (χ4n) is 1.78.